The van der Waals surface area contributed by atoms with E-state index in [0.29, 0.717) is 13.0 Å². The Morgan fingerprint density at radius 2 is 1.93 bits per heavy atom. The fourth-order valence-corrected chi connectivity index (χ4v) is 1.62. The molecule has 0 saturated carbocycles. The summed E-state index contributed by atoms with van der Waals surface area (Å²) < 4.78 is 21.6. The van der Waals surface area contributed by atoms with Crippen LogP contribution in [0.1, 0.15) is 20.3 Å². The highest BCUT2D eigenvalue weighted by Crippen LogP contribution is 2.06. The summed E-state index contributed by atoms with van der Waals surface area (Å²) in [6, 6.07) is 0. The monoisotopic (exact) mass is 222 g/mol. The van der Waals surface area contributed by atoms with E-state index in [4.69, 9.17) is 5.73 Å². The van der Waals surface area contributed by atoms with Gasteiger partial charge in [0, 0.05) is 11.8 Å². The van der Waals surface area contributed by atoms with Gasteiger partial charge in [0.15, 0.2) is 9.84 Å². The molecule has 0 atom stereocenters. The Morgan fingerprint density at radius 1 is 1.43 bits per heavy atom. The highest BCUT2D eigenvalue weighted by atomic mass is 32.2. The Balaban J connectivity index is 4.19. The molecular formula is C8H18N2O3S. The second kappa shape index (κ2) is 4.75. The molecule has 14 heavy (non-hydrogen) atoms. The van der Waals surface area contributed by atoms with E-state index in [-0.39, 0.29) is 0 Å². The Bertz CT molecular complexity index is 296. The molecule has 0 radical (unpaired) electrons. The standard InChI is InChI=1S/C8H18N2O3S/c1-8(2,4-5-9)10-7(11)6-14(3,12)13/h4-6,9H2,1-3H3,(H,10,11). The van der Waals surface area contributed by atoms with Crippen LogP contribution in [0.25, 0.3) is 0 Å². The van der Waals surface area contributed by atoms with Gasteiger partial charge in [-0.2, -0.15) is 0 Å². The van der Waals surface area contributed by atoms with Crippen LogP contribution in [0.15, 0.2) is 0 Å². The maximum Gasteiger partial charge on any atom is 0.235 e. The normalized spacial score (nSPS) is 12.6. The van der Waals surface area contributed by atoms with Crippen molar-refractivity contribution in [3.63, 3.8) is 0 Å². The van der Waals surface area contributed by atoms with Crippen molar-refractivity contribution in [3.8, 4) is 0 Å². The molecule has 0 aromatic rings. The molecule has 0 aliphatic rings. The molecule has 0 aromatic heterocycles. The quantitative estimate of drug-likeness (QED) is 0.642. The van der Waals surface area contributed by atoms with Crippen LogP contribution >= 0.6 is 0 Å². The number of nitrogens with one attached hydrogen (secondary N) is 1. The minimum absolute atomic E-state index is 0.448. The first-order valence-electron chi connectivity index (χ1n) is 4.35. The zero-order valence-corrected chi connectivity index (χ0v) is 9.65. The molecule has 0 aliphatic carbocycles. The SMILES string of the molecule is CC(C)(CCN)NC(=O)CS(C)(=O)=O. The van der Waals surface area contributed by atoms with Crippen molar-refractivity contribution in [2.24, 2.45) is 5.73 Å². The molecule has 0 rings (SSSR count). The van der Waals surface area contributed by atoms with Crippen molar-refractivity contribution >= 4 is 15.7 Å². The highest BCUT2D eigenvalue weighted by Gasteiger charge is 2.21. The summed E-state index contributed by atoms with van der Waals surface area (Å²) in [5.41, 5.74) is 4.90. The number of amides is 1. The van der Waals surface area contributed by atoms with E-state index in [1.165, 1.54) is 0 Å². The van der Waals surface area contributed by atoms with E-state index in [1.54, 1.807) is 13.8 Å². The zero-order valence-electron chi connectivity index (χ0n) is 8.83. The Labute approximate surface area is 85.0 Å². The lowest BCUT2D eigenvalue weighted by molar-refractivity contribution is -0.120. The van der Waals surface area contributed by atoms with Gasteiger partial charge >= 0.3 is 0 Å². The third-order valence-electron chi connectivity index (χ3n) is 1.64. The summed E-state index contributed by atoms with van der Waals surface area (Å²) in [6.07, 6.45) is 1.64. The molecule has 0 spiro atoms. The molecule has 0 unspecified atom stereocenters. The summed E-state index contributed by atoms with van der Waals surface area (Å²) in [4.78, 5) is 11.2. The number of sulfone groups is 1. The number of carbonyl (C=O) groups is 1. The van der Waals surface area contributed by atoms with E-state index in [2.05, 4.69) is 5.32 Å². The number of carbonyl (C=O) groups excluding carboxylic acids is 1. The Hall–Kier alpha value is -0.620. The van der Waals surface area contributed by atoms with Crippen LogP contribution in [-0.4, -0.2) is 38.4 Å². The third-order valence-corrected chi connectivity index (χ3v) is 2.43. The number of nitrogens with two attached hydrogens (primary N) is 1. The molecule has 5 nitrogen and oxygen atoms in total. The van der Waals surface area contributed by atoms with Crippen LogP contribution in [0.3, 0.4) is 0 Å². The molecule has 1 amide bonds. The lowest BCUT2D eigenvalue weighted by Crippen LogP contribution is -2.46. The zero-order chi connectivity index (χ0) is 11.4. The predicted octanol–water partition coefficient (Wildman–Crippen LogP) is -0.725. The maximum absolute atomic E-state index is 11.2. The molecule has 0 bridgehead atoms. The van der Waals surface area contributed by atoms with Crippen LogP contribution in [0.5, 0.6) is 0 Å². The van der Waals surface area contributed by atoms with Crippen LogP contribution in [0, 0.1) is 0 Å². The maximum atomic E-state index is 11.2. The summed E-state index contributed by atoms with van der Waals surface area (Å²) in [6.45, 7) is 4.06. The van der Waals surface area contributed by atoms with E-state index in [0.717, 1.165) is 6.26 Å². The smallest absolute Gasteiger partial charge is 0.235 e. The van der Waals surface area contributed by atoms with E-state index >= 15 is 0 Å². The number of hydrogen-bond acceptors (Lipinski definition) is 4. The minimum Gasteiger partial charge on any atom is -0.350 e. The Kier molecular flexibility index (Phi) is 4.54. The molecule has 3 N–H and O–H groups in total. The summed E-state index contributed by atoms with van der Waals surface area (Å²) >= 11 is 0. The summed E-state index contributed by atoms with van der Waals surface area (Å²) in [5, 5.41) is 2.62. The molecule has 0 aliphatic heterocycles. The van der Waals surface area contributed by atoms with Crippen LogP contribution in [0.4, 0.5) is 0 Å². The first kappa shape index (κ1) is 13.4. The largest absolute Gasteiger partial charge is 0.350 e. The molecular weight excluding hydrogens is 204 g/mol. The van der Waals surface area contributed by atoms with Crippen LogP contribution in [0.2, 0.25) is 0 Å². The first-order valence-corrected chi connectivity index (χ1v) is 6.41. The van der Waals surface area contributed by atoms with Gasteiger partial charge in [0.25, 0.3) is 0 Å². The van der Waals surface area contributed by atoms with Gasteiger partial charge in [-0.1, -0.05) is 0 Å². The van der Waals surface area contributed by atoms with E-state index < -0.39 is 27.0 Å². The molecule has 6 heteroatoms. The van der Waals surface area contributed by atoms with Gasteiger partial charge in [0.2, 0.25) is 5.91 Å². The van der Waals surface area contributed by atoms with E-state index in [1.807, 2.05) is 0 Å². The van der Waals surface area contributed by atoms with Crippen LogP contribution < -0.4 is 11.1 Å². The van der Waals surface area contributed by atoms with E-state index in [9.17, 15) is 13.2 Å². The van der Waals surface area contributed by atoms with Crippen LogP contribution in [-0.2, 0) is 14.6 Å². The fourth-order valence-electron chi connectivity index (χ4n) is 1.07. The fraction of sp³-hybridized carbons (Fsp3) is 0.875. The van der Waals surface area contributed by atoms with Crippen molar-refractivity contribution in [1.29, 1.82) is 0 Å². The van der Waals surface area contributed by atoms with Gasteiger partial charge in [-0.15, -0.1) is 0 Å². The molecule has 84 valence electrons. The second-order valence-corrected chi connectivity index (χ2v) is 6.18. The van der Waals surface area contributed by atoms with Crippen molar-refractivity contribution in [3.05, 3.63) is 0 Å². The van der Waals surface area contributed by atoms with Crippen molar-refractivity contribution in [1.82, 2.24) is 5.32 Å². The summed E-state index contributed by atoms with van der Waals surface area (Å²) in [5.74, 6) is -0.952. The van der Waals surface area contributed by atoms with Gasteiger partial charge < -0.3 is 11.1 Å². The van der Waals surface area contributed by atoms with Gasteiger partial charge in [0.1, 0.15) is 5.75 Å². The average Bonchev–Trinajstić information content (AvgIpc) is 1.78. The average molecular weight is 222 g/mol. The third kappa shape index (κ3) is 6.85. The lowest BCUT2D eigenvalue weighted by atomic mass is 10.0. The van der Waals surface area contributed by atoms with Crippen molar-refractivity contribution < 1.29 is 13.2 Å². The topological polar surface area (TPSA) is 89.3 Å². The van der Waals surface area contributed by atoms with Gasteiger partial charge in [0.05, 0.1) is 0 Å². The van der Waals surface area contributed by atoms with Gasteiger partial charge in [-0.25, -0.2) is 8.42 Å². The van der Waals surface area contributed by atoms with Crippen molar-refractivity contribution in [2.45, 2.75) is 25.8 Å². The summed E-state index contributed by atoms with van der Waals surface area (Å²) in [7, 11) is -3.25. The minimum atomic E-state index is -3.25. The number of hydrogen-bond donors (Lipinski definition) is 2. The molecule has 0 heterocycles. The number of rotatable bonds is 5. The molecule has 0 fully saturated rings. The predicted molar refractivity (Wildman–Crippen MR) is 55.6 cm³/mol. The van der Waals surface area contributed by atoms with Gasteiger partial charge in [-0.05, 0) is 26.8 Å². The van der Waals surface area contributed by atoms with Crippen molar-refractivity contribution in [2.75, 3.05) is 18.6 Å². The molecule has 0 aromatic carbocycles. The lowest BCUT2D eigenvalue weighted by Gasteiger charge is -2.25. The first-order chi connectivity index (χ1) is 6.16. The Morgan fingerprint density at radius 3 is 2.29 bits per heavy atom. The highest BCUT2D eigenvalue weighted by molar-refractivity contribution is 7.91. The molecule has 0 saturated heterocycles. The van der Waals surface area contributed by atoms with Gasteiger partial charge in [-0.3, -0.25) is 4.79 Å². The second-order valence-electron chi connectivity index (χ2n) is 4.04.